The molecule has 1 aromatic heterocycles. The number of nitrogens with one attached hydrogen (secondary N) is 1. The van der Waals surface area contributed by atoms with Crippen molar-refractivity contribution in [2.45, 2.75) is 32.9 Å². The fourth-order valence-electron chi connectivity index (χ4n) is 1.83. The van der Waals surface area contributed by atoms with Crippen molar-refractivity contribution in [2.24, 2.45) is 0 Å². The van der Waals surface area contributed by atoms with Crippen molar-refractivity contribution in [1.29, 1.82) is 0 Å². The number of anilines is 1. The Balaban J connectivity index is 2.51. The third kappa shape index (κ3) is 5.65. The van der Waals surface area contributed by atoms with Gasteiger partial charge in [-0.05, 0) is 39.4 Å². The van der Waals surface area contributed by atoms with E-state index in [-0.39, 0.29) is 0 Å². The molecule has 0 unspecified atom stereocenters. The van der Waals surface area contributed by atoms with Crippen LogP contribution in [-0.2, 0) is 6.54 Å². The molecule has 1 aromatic rings. The average molecular weight is 237 g/mol. The summed E-state index contributed by atoms with van der Waals surface area (Å²) in [6, 6.07) is 4.04. The highest BCUT2D eigenvalue weighted by Crippen LogP contribution is 2.09. The van der Waals surface area contributed by atoms with Crippen molar-refractivity contribution in [2.75, 3.05) is 25.5 Å². The first-order valence-electron chi connectivity index (χ1n) is 6.00. The molecule has 0 saturated carbocycles. The van der Waals surface area contributed by atoms with Gasteiger partial charge in [0.2, 0.25) is 0 Å². The maximum Gasteiger partial charge on any atom is 0.125 e. The second-order valence-electron chi connectivity index (χ2n) is 5.07. The predicted octanol–water partition coefficient (Wildman–Crippen LogP) is 1.72. The SMILES string of the molecule is CCNc1ccc(CN(C)CC(C)(C)O)cn1. The van der Waals surface area contributed by atoms with Crippen molar-refractivity contribution in [3.63, 3.8) is 0 Å². The summed E-state index contributed by atoms with van der Waals surface area (Å²) in [5.74, 6) is 0.904. The number of aliphatic hydroxyl groups is 1. The number of rotatable bonds is 6. The molecule has 0 bridgehead atoms. The van der Waals surface area contributed by atoms with Crippen molar-refractivity contribution < 1.29 is 5.11 Å². The molecule has 0 aliphatic rings. The molecule has 0 aromatic carbocycles. The molecule has 0 radical (unpaired) electrons. The van der Waals surface area contributed by atoms with Crippen LogP contribution in [0, 0.1) is 0 Å². The summed E-state index contributed by atoms with van der Waals surface area (Å²) in [4.78, 5) is 6.40. The Hall–Kier alpha value is -1.13. The highest BCUT2D eigenvalue weighted by molar-refractivity contribution is 5.35. The van der Waals surface area contributed by atoms with Crippen LogP contribution in [0.25, 0.3) is 0 Å². The maximum atomic E-state index is 9.71. The Morgan fingerprint density at radius 2 is 2.12 bits per heavy atom. The van der Waals surface area contributed by atoms with Gasteiger partial charge in [-0.2, -0.15) is 0 Å². The highest BCUT2D eigenvalue weighted by atomic mass is 16.3. The third-order valence-electron chi connectivity index (χ3n) is 2.29. The van der Waals surface area contributed by atoms with Gasteiger partial charge in [0, 0.05) is 25.8 Å². The smallest absolute Gasteiger partial charge is 0.125 e. The van der Waals surface area contributed by atoms with E-state index in [9.17, 15) is 5.11 Å². The Morgan fingerprint density at radius 3 is 2.59 bits per heavy atom. The number of likely N-dealkylation sites (N-methyl/N-ethyl adjacent to an activating group) is 1. The molecule has 2 N–H and O–H groups in total. The summed E-state index contributed by atoms with van der Waals surface area (Å²) in [5.41, 5.74) is 0.490. The molecule has 0 aliphatic heterocycles. The zero-order chi connectivity index (χ0) is 12.9. The van der Waals surface area contributed by atoms with Crippen LogP contribution in [0.3, 0.4) is 0 Å². The minimum Gasteiger partial charge on any atom is -0.389 e. The molecule has 1 heterocycles. The van der Waals surface area contributed by atoms with Crippen LogP contribution in [-0.4, -0.2) is 40.7 Å². The zero-order valence-corrected chi connectivity index (χ0v) is 11.2. The Kier molecular flexibility index (Phi) is 4.90. The largest absolute Gasteiger partial charge is 0.389 e. The molecular weight excluding hydrogens is 214 g/mol. The lowest BCUT2D eigenvalue weighted by Gasteiger charge is -2.25. The topological polar surface area (TPSA) is 48.4 Å². The Bertz CT molecular complexity index is 330. The standard InChI is InChI=1S/C13H23N3O/c1-5-14-12-7-6-11(8-15-12)9-16(4)10-13(2,3)17/h6-8,17H,5,9-10H2,1-4H3,(H,14,15). The molecule has 4 heteroatoms. The first-order chi connectivity index (χ1) is 7.90. The van der Waals surface area contributed by atoms with Gasteiger partial charge in [0.25, 0.3) is 0 Å². The highest BCUT2D eigenvalue weighted by Gasteiger charge is 2.15. The first kappa shape index (κ1) is 13.9. The molecule has 1 rings (SSSR count). The van der Waals surface area contributed by atoms with E-state index >= 15 is 0 Å². The third-order valence-corrected chi connectivity index (χ3v) is 2.29. The van der Waals surface area contributed by atoms with Crippen molar-refractivity contribution in [3.8, 4) is 0 Å². The van der Waals surface area contributed by atoms with Crippen molar-refractivity contribution in [1.82, 2.24) is 9.88 Å². The lowest BCUT2D eigenvalue weighted by Crippen LogP contribution is -2.35. The van der Waals surface area contributed by atoms with E-state index in [0.717, 1.165) is 24.5 Å². The van der Waals surface area contributed by atoms with Crippen LogP contribution in [0.15, 0.2) is 18.3 Å². The maximum absolute atomic E-state index is 9.71. The van der Waals surface area contributed by atoms with Gasteiger partial charge in [-0.25, -0.2) is 4.98 Å². The van der Waals surface area contributed by atoms with Gasteiger partial charge in [-0.15, -0.1) is 0 Å². The molecule has 17 heavy (non-hydrogen) atoms. The lowest BCUT2D eigenvalue weighted by atomic mass is 10.1. The minimum absolute atomic E-state index is 0.641. The summed E-state index contributed by atoms with van der Waals surface area (Å²) in [6.07, 6.45) is 1.87. The van der Waals surface area contributed by atoms with Gasteiger partial charge < -0.3 is 10.4 Å². The number of hydrogen-bond donors (Lipinski definition) is 2. The van der Waals surface area contributed by atoms with Crippen molar-refractivity contribution in [3.05, 3.63) is 23.9 Å². The molecular formula is C13H23N3O. The predicted molar refractivity (Wildman–Crippen MR) is 71.0 cm³/mol. The normalized spacial score (nSPS) is 11.9. The molecule has 0 spiro atoms. The summed E-state index contributed by atoms with van der Waals surface area (Å²) < 4.78 is 0. The van der Waals surface area contributed by atoms with Gasteiger partial charge in [0.15, 0.2) is 0 Å². The van der Waals surface area contributed by atoms with Gasteiger partial charge in [-0.1, -0.05) is 6.07 Å². The molecule has 0 fully saturated rings. The van der Waals surface area contributed by atoms with Gasteiger partial charge in [0.1, 0.15) is 5.82 Å². The van der Waals surface area contributed by atoms with Gasteiger partial charge in [-0.3, -0.25) is 4.90 Å². The molecule has 4 nitrogen and oxygen atoms in total. The summed E-state index contributed by atoms with van der Waals surface area (Å²) in [5, 5.41) is 12.9. The van der Waals surface area contributed by atoms with E-state index in [0.29, 0.717) is 6.54 Å². The van der Waals surface area contributed by atoms with Crippen LogP contribution in [0.1, 0.15) is 26.3 Å². The lowest BCUT2D eigenvalue weighted by molar-refractivity contribution is 0.0424. The van der Waals surface area contributed by atoms with E-state index in [4.69, 9.17) is 0 Å². The summed E-state index contributed by atoms with van der Waals surface area (Å²) >= 11 is 0. The van der Waals surface area contributed by atoms with Crippen molar-refractivity contribution >= 4 is 5.82 Å². The number of aromatic nitrogens is 1. The molecule has 0 amide bonds. The summed E-state index contributed by atoms with van der Waals surface area (Å²) in [7, 11) is 2.00. The van der Waals surface area contributed by atoms with E-state index in [1.807, 2.05) is 40.1 Å². The zero-order valence-electron chi connectivity index (χ0n) is 11.2. The van der Waals surface area contributed by atoms with Crippen LogP contribution < -0.4 is 5.32 Å². The van der Waals surface area contributed by atoms with Gasteiger partial charge >= 0.3 is 0 Å². The quantitative estimate of drug-likeness (QED) is 0.791. The Morgan fingerprint density at radius 1 is 1.41 bits per heavy atom. The second kappa shape index (κ2) is 5.98. The minimum atomic E-state index is -0.661. The monoisotopic (exact) mass is 237 g/mol. The fourth-order valence-corrected chi connectivity index (χ4v) is 1.83. The first-order valence-corrected chi connectivity index (χ1v) is 6.00. The molecule has 0 aliphatic carbocycles. The van der Waals surface area contributed by atoms with E-state index in [1.54, 1.807) is 0 Å². The van der Waals surface area contributed by atoms with Crippen LogP contribution in [0.2, 0.25) is 0 Å². The van der Waals surface area contributed by atoms with E-state index < -0.39 is 5.60 Å². The molecule has 0 atom stereocenters. The molecule has 0 saturated heterocycles. The average Bonchev–Trinajstić information content (AvgIpc) is 2.18. The van der Waals surface area contributed by atoms with Gasteiger partial charge in [0.05, 0.1) is 5.60 Å². The fraction of sp³-hybridized carbons (Fsp3) is 0.615. The van der Waals surface area contributed by atoms with Crippen LogP contribution in [0.4, 0.5) is 5.82 Å². The van der Waals surface area contributed by atoms with E-state index in [1.165, 1.54) is 0 Å². The number of hydrogen-bond acceptors (Lipinski definition) is 4. The van der Waals surface area contributed by atoms with E-state index in [2.05, 4.69) is 21.3 Å². The Labute approximate surface area is 104 Å². The van der Waals surface area contributed by atoms with Crippen LogP contribution >= 0.6 is 0 Å². The second-order valence-corrected chi connectivity index (χ2v) is 5.07. The summed E-state index contributed by atoms with van der Waals surface area (Å²) in [6.45, 7) is 8.00. The number of nitrogens with zero attached hydrogens (tertiary/aromatic N) is 2. The van der Waals surface area contributed by atoms with Crippen LogP contribution in [0.5, 0.6) is 0 Å². The molecule has 96 valence electrons. The number of pyridine rings is 1.